The summed E-state index contributed by atoms with van der Waals surface area (Å²) in [5, 5.41) is 3.08. The monoisotopic (exact) mass is 247 g/mol. The number of hydrogen-bond donors (Lipinski definition) is 1. The lowest BCUT2D eigenvalue weighted by Crippen LogP contribution is -2.44. The Balaban J connectivity index is 2.38. The number of hydrogen-bond acceptors (Lipinski definition) is 1. The van der Waals surface area contributed by atoms with Crippen LogP contribution in [0.4, 0.5) is 0 Å². The molecule has 0 spiro atoms. The quantitative estimate of drug-likeness (QED) is 0.747. The summed E-state index contributed by atoms with van der Waals surface area (Å²) in [7, 11) is 0. The highest BCUT2D eigenvalue weighted by atomic mass is 79.9. The summed E-state index contributed by atoms with van der Waals surface area (Å²) in [6.45, 7) is 3.86. The van der Waals surface area contributed by atoms with Crippen molar-refractivity contribution >= 4 is 21.8 Å². The summed E-state index contributed by atoms with van der Waals surface area (Å²) in [6.07, 6.45) is 4.83. The molecule has 1 aliphatic rings. The zero-order valence-corrected chi connectivity index (χ0v) is 9.93. The minimum Gasteiger partial charge on any atom is -0.352 e. The minimum atomic E-state index is 0.0987. The van der Waals surface area contributed by atoms with Crippen LogP contribution in [0.15, 0.2) is 0 Å². The van der Waals surface area contributed by atoms with Crippen LogP contribution in [0.5, 0.6) is 0 Å². The van der Waals surface area contributed by atoms with Gasteiger partial charge in [-0.1, -0.05) is 42.6 Å². The van der Waals surface area contributed by atoms with E-state index in [9.17, 15) is 4.79 Å². The molecule has 0 aromatic rings. The Labute approximate surface area is 88.6 Å². The van der Waals surface area contributed by atoms with Gasteiger partial charge in [0.15, 0.2) is 0 Å². The van der Waals surface area contributed by atoms with Crippen LogP contribution in [-0.2, 0) is 4.79 Å². The third-order valence-corrected chi connectivity index (χ3v) is 3.63. The number of amides is 1. The van der Waals surface area contributed by atoms with E-state index in [1.165, 1.54) is 19.3 Å². The lowest BCUT2D eigenvalue weighted by molar-refractivity contribution is -0.124. The molecule has 13 heavy (non-hydrogen) atoms. The number of alkyl halides is 1. The molecule has 0 saturated heterocycles. The summed E-state index contributed by atoms with van der Waals surface area (Å²) in [5.41, 5.74) is 0. The molecule has 0 radical (unpaired) electrons. The van der Waals surface area contributed by atoms with E-state index in [2.05, 4.69) is 21.2 Å². The lowest BCUT2D eigenvalue weighted by atomic mass is 9.95. The minimum absolute atomic E-state index is 0.0987. The van der Waals surface area contributed by atoms with Crippen LogP contribution in [0.1, 0.15) is 39.5 Å². The molecule has 0 aliphatic heterocycles. The second-order valence-corrected chi connectivity index (χ2v) is 5.25. The van der Waals surface area contributed by atoms with Crippen LogP contribution in [0.2, 0.25) is 0 Å². The van der Waals surface area contributed by atoms with Gasteiger partial charge in [-0.2, -0.15) is 0 Å². The van der Waals surface area contributed by atoms with Crippen LogP contribution in [0.25, 0.3) is 0 Å². The first-order valence-corrected chi connectivity index (χ1v) is 5.97. The molecule has 1 saturated carbocycles. The maximum Gasteiger partial charge on any atom is 0.222 e. The van der Waals surface area contributed by atoms with Gasteiger partial charge in [0.25, 0.3) is 0 Å². The average molecular weight is 248 g/mol. The molecule has 0 aromatic heterocycles. The average Bonchev–Trinajstić information content (AvgIpc) is 2.08. The maximum absolute atomic E-state index is 11.4. The number of nitrogens with one attached hydrogen (secondary N) is 1. The van der Waals surface area contributed by atoms with Crippen molar-refractivity contribution in [2.45, 2.75) is 50.4 Å². The molecule has 1 amide bonds. The summed E-state index contributed by atoms with van der Waals surface area (Å²) in [5.74, 6) is 0.276. The summed E-state index contributed by atoms with van der Waals surface area (Å²) in [6, 6.07) is 0.351. The number of carbonyl (C=O) groups is 1. The molecule has 76 valence electrons. The molecule has 1 aliphatic carbocycles. The largest absolute Gasteiger partial charge is 0.352 e. The normalized spacial score (nSPS) is 28.9. The maximum atomic E-state index is 11.4. The molecule has 1 N–H and O–H groups in total. The van der Waals surface area contributed by atoms with Gasteiger partial charge in [-0.05, 0) is 12.8 Å². The van der Waals surface area contributed by atoms with Crippen molar-refractivity contribution in [2.24, 2.45) is 5.92 Å². The smallest absolute Gasteiger partial charge is 0.222 e. The third-order valence-electron chi connectivity index (χ3n) is 2.53. The van der Waals surface area contributed by atoms with Crippen molar-refractivity contribution in [2.75, 3.05) is 0 Å². The Hall–Kier alpha value is -0.0500. The van der Waals surface area contributed by atoms with Crippen LogP contribution < -0.4 is 5.32 Å². The molecule has 2 atom stereocenters. The highest BCUT2D eigenvalue weighted by Crippen LogP contribution is 2.24. The van der Waals surface area contributed by atoms with Crippen molar-refractivity contribution in [3.05, 3.63) is 0 Å². The first-order chi connectivity index (χ1) is 6.11. The van der Waals surface area contributed by atoms with Crippen molar-refractivity contribution in [3.8, 4) is 0 Å². The summed E-state index contributed by atoms with van der Waals surface area (Å²) in [4.78, 5) is 11.9. The Morgan fingerprint density at radius 1 is 1.38 bits per heavy atom. The van der Waals surface area contributed by atoms with Gasteiger partial charge in [0.1, 0.15) is 0 Å². The van der Waals surface area contributed by atoms with Gasteiger partial charge in [-0.3, -0.25) is 4.79 Å². The van der Waals surface area contributed by atoms with Crippen LogP contribution >= 0.6 is 15.9 Å². The Kier molecular flexibility index (Phi) is 4.23. The first kappa shape index (κ1) is 11.0. The van der Waals surface area contributed by atoms with Gasteiger partial charge in [-0.15, -0.1) is 0 Å². The fourth-order valence-electron chi connectivity index (χ4n) is 1.60. The second kappa shape index (κ2) is 4.99. The summed E-state index contributed by atoms with van der Waals surface area (Å²) < 4.78 is 0. The predicted octanol–water partition coefficient (Wildman–Crippen LogP) is 2.46. The Bertz CT molecular complexity index is 182. The van der Waals surface area contributed by atoms with Crippen molar-refractivity contribution < 1.29 is 4.79 Å². The van der Waals surface area contributed by atoms with Crippen molar-refractivity contribution in [3.63, 3.8) is 0 Å². The van der Waals surface area contributed by atoms with Crippen LogP contribution in [-0.4, -0.2) is 16.8 Å². The van der Waals surface area contributed by atoms with Crippen LogP contribution in [0, 0.1) is 5.92 Å². The van der Waals surface area contributed by atoms with E-state index in [-0.39, 0.29) is 11.8 Å². The predicted molar refractivity (Wildman–Crippen MR) is 58.0 cm³/mol. The van der Waals surface area contributed by atoms with E-state index >= 15 is 0 Å². The van der Waals surface area contributed by atoms with E-state index in [4.69, 9.17) is 0 Å². The Morgan fingerprint density at radius 3 is 2.54 bits per heavy atom. The number of rotatable bonds is 2. The van der Waals surface area contributed by atoms with E-state index in [0.29, 0.717) is 10.9 Å². The molecular formula is C10H18BrNO. The molecule has 0 aromatic carbocycles. The molecule has 1 rings (SSSR count). The van der Waals surface area contributed by atoms with Gasteiger partial charge in [0, 0.05) is 16.8 Å². The number of carbonyl (C=O) groups excluding carboxylic acids is 1. The van der Waals surface area contributed by atoms with E-state index in [0.717, 1.165) is 6.42 Å². The molecule has 2 nitrogen and oxygen atoms in total. The second-order valence-electron chi connectivity index (χ2n) is 4.07. The standard InChI is InChI=1S/C10H18BrNO/c1-7(2)10(13)12-9-6-4-3-5-8(9)11/h7-9H,3-6H2,1-2H3,(H,12,13). The molecule has 0 heterocycles. The molecule has 2 unspecified atom stereocenters. The molecule has 3 heteroatoms. The fourth-order valence-corrected chi connectivity index (χ4v) is 2.32. The highest BCUT2D eigenvalue weighted by molar-refractivity contribution is 9.09. The van der Waals surface area contributed by atoms with E-state index in [1.54, 1.807) is 0 Å². The Morgan fingerprint density at radius 2 is 2.00 bits per heavy atom. The zero-order valence-electron chi connectivity index (χ0n) is 8.35. The summed E-state index contributed by atoms with van der Waals surface area (Å²) >= 11 is 3.62. The topological polar surface area (TPSA) is 29.1 Å². The van der Waals surface area contributed by atoms with Crippen molar-refractivity contribution in [1.82, 2.24) is 5.32 Å². The van der Waals surface area contributed by atoms with Gasteiger partial charge in [-0.25, -0.2) is 0 Å². The van der Waals surface area contributed by atoms with E-state index in [1.807, 2.05) is 13.8 Å². The van der Waals surface area contributed by atoms with Gasteiger partial charge in [0.05, 0.1) is 0 Å². The highest BCUT2D eigenvalue weighted by Gasteiger charge is 2.24. The molecular weight excluding hydrogens is 230 g/mol. The molecule has 1 fully saturated rings. The third kappa shape index (κ3) is 3.29. The van der Waals surface area contributed by atoms with Gasteiger partial charge < -0.3 is 5.32 Å². The van der Waals surface area contributed by atoms with Gasteiger partial charge in [0.2, 0.25) is 5.91 Å². The van der Waals surface area contributed by atoms with Crippen molar-refractivity contribution in [1.29, 1.82) is 0 Å². The fraction of sp³-hybridized carbons (Fsp3) is 0.900. The zero-order chi connectivity index (χ0) is 9.84. The van der Waals surface area contributed by atoms with Crippen LogP contribution in [0.3, 0.4) is 0 Å². The van der Waals surface area contributed by atoms with Gasteiger partial charge >= 0.3 is 0 Å². The number of halogens is 1. The van der Waals surface area contributed by atoms with E-state index < -0.39 is 0 Å². The first-order valence-electron chi connectivity index (χ1n) is 5.05. The lowest BCUT2D eigenvalue weighted by Gasteiger charge is -2.28. The SMILES string of the molecule is CC(C)C(=O)NC1CCCCC1Br. The molecule has 0 bridgehead atoms.